The van der Waals surface area contributed by atoms with E-state index in [0.717, 1.165) is 0 Å². The maximum Gasteiger partial charge on any atom is 0.148 e. The predicted octanol–water partition coefficient (Wildman–Crippen LogP) is 3.01. The zero-order chi connectivity index (χ0) is 8.97. The lowest BCUT2D eigenvalue weighted by atomic mass is 10.3. The van der Waals surface area contributed by atoms with Crippen LogP contribution in [-0.4, -0.2) is 6.61 Å². The van der Waals surface area contributed by atoms with Gasteiger partial charge in [-0.15, -0.1) is 6.42 Å². The van der Waals surface area contributed by atoms with Crippen LogP contribution in [0.25, 0.3) is 0 Å². The molecule has 0 aliphatic carbocycles. The van der Waals surface area contributed by atoms with Crippen molar-refractivity contribution in [2.45, 2.75) is 0 Å². The van der Waals surface area contributed by atoms with Gasteiger partial charge in [0.25, 0.3) is 0 Å². The summed E-state index contributed by atoms with van der Waals surface area (Å²) in [7, 11) is 0. The quantitative estimate of drug-likeness (QED) is 0.668. The highest BCUT2D eigenvalue weighted by molar-refractivity contribution is 6.34. The third-order valence-electron chi connectivity index (χ3n) is 1.20. The Morgan fingerprint density at radius 1 is 1.42 bits per heavy atom. The summed E-state index contributed by atoms with van der Waals surface area (Å²) >= 11 is 11.5. The second kappa shape index (κ2) is 4.25. The minimum atomic E-state index is 0.195. The van der Waals surface area contributed by atoms with Crippen LogP contribution in [0.1, 0.15) is 0 Å². The molecule has 0 saturated carbocycles. The van der Waals surface area contributed by atoms with Crippen molar-refractivity contribution in [3.8, 4) is 18.1 Å². The molecule has 0 heterocycles. The first kappa shape index (κ1) is 9.25. The second-order valence-corrected chi connectivity index (χ2v) is 2.91. The highest BCUT2D eigenvalue weighted by Crippen LogP contribution is 2.27. The van der Waals surface area contributed by atoms with Crippen LogP contribution in [0.4, 0.5) is 0 Å². The number of rotatable bonds is 2. The van der Waals surface area contributed by atoms with Crippen molar-refractivity contribution < 1.29 is 4.74 Å². The van der Waals surface area contributed by atoms with Crippen molar-refractivity contribution in [1.82, 2.24) is 0 Å². The SMILES string of the molecule is C#CCOc1cc(Cl)ccc1Cl. The summed E-state index contributed by atoms with van der Waals surface area (Å²) in [5, 5.41) is 1.08. The molecule has 0 aliphatic heterocycles. The first-order valence-electron chi connectivity index (χ1n) is 3.25. The number of ether oxygens (including phenoxy) is 1. The Bertz CT molecular complexity index is 315. The van der Waals surface area contributed by atoms with Gasteiger partial charge in [0, 0.05) is 11.1 Å². The molecular formula is C9H6Cl2O. The lowest BCUT2D eigenvalue weighted by Gasteiger charge is -2.03. The molecule has 1 rings (SSSR count). The molecule has 0 bridgehead atoms. The fraction of sp³-hybridized carbons (Fsp3) is 0.111. The van der Waals surface area contributed by atoms with Crippen LogP contribution < -0.4 is 4.74 Å². The largest absolute Gasteiger partial charge is 0.479 e. The van der Waals surface area contributed by atoms with Crippen molar-refractivity contribution in [2.24, 2.45) is 0 Å². The monoisotopic (exact) mass is 200 g/mol. The van der Waals surface area contributed by atoms with Crippen molar-refractivity contribution in [3.63, 3.8) is 0 Å². The van der Waals surface area contributed by atoms with Gasteiger partial charge in [0.2, 0.25) is 0 Å². The summed E-state index contributed by atoms with van der Waals surface area (Å²) in [4.78, 5) is 0. The topological polar surface area (TPSA) is 9.23 Å². The van der Waals surface area contributed by atoms with E-state index in [-0.39, 0.29) is 6.61 Å². The minimum absolute atomic E-state index is 0.195. The van der Waals surface area contributed by atoms with Gasteiger partial charge in [-0.05, 0) is 12.1 Å². The summed E-state index contributed by atoms with van der Waals surface area (Å²) in [6.07, 6.45) is 5.01. The lowest BCUT2D eigenvalue weighted by Crippen LogP contribution is -1.93. The van der Waals surface area contributed by atoms with Gasteiger partial charge in [0.05, 0.1) is 5.02 Å². The zero-order valence-electron chi connectivity index (χ0n) is 6.18. The van der Waals surface area contributed by atoms with Gasteiger partial charge in [-0.2, -0.15) is 0 Å². The molecule has 0 aromatic heterocycles. The Morgan fingerprint density at radius 2 is 2.17 bits per heavy atom. The van der Waals surface area contributed by atoms with Gasteiger partial charge in [-0.25, -0.2) is 0 Å². The van der Waals surface area contributed by atoms with Crippen LogP contribution in [0.5, 0.6) is 5.75 Å². The molecule has 0 atom stereocenters. The van der Waals surface area contributed by atoms with Crippen LogP contribution in [0.3, 0.4) is 0 Å². The van der Waals surface area contributed by atoms with E-state index >= 15 is 0 Å². The van der Waals surface area contributed by atoms with E-state index in [1.807, 2.05) is 0 Å². The van der Waals surface area contributed by atoms with E-state index in [1.54, 1.807) is 18.2 Å². The van der Waals surface area contributed by atoms with Crippen LogP contribution in [-0.2, 0) is 0 Å². The molecule has 0 amide bonds. The minimum Gasteiger partial charge on any atom is -0.479 e. The van der Waals surface area contributed by atoms with Gasteiger partial charge in [0.1, 0.15) is 12.4 Å². The Morgan fingerprint density at radius 3 is 2.83 bits per heavy atom. The smallest absolute Gasteiger partial charge is 0.148 e. The molecule has 12 heavy (non-hydrogen) atoms. The highest BCUT2D eigenvalue weighted by atomic mass is 35.5. The molecule has 0 saturated heterocycles. The van der Waals surface area contributed by atoms with Crippen LogP contribution in [0.15, 0.2) is 18.2 Å². The molecule has 0 radical (unpaired) electrons. The Hall–Kier alpha value is -0.840. The standard InChI is InChI=1S/C9H6Cl2O/c1-2-5-12-9-6-7(10)3-4-8(9)11/h1,3-4,6H,5H2. The molecule has 1 nitrogen and oxygen atoms in total. The fourth-order valence-electron chi connectivity index (χ4n) is 0.707. The summed E-state index contributed by atoms with van der Waals surface area (Å²) in [6.45, 7) is 0.195. The van der Waals surface area contributed by atoms with Crippen molar-refractivity contribution in [1.29, 1.82) is 0 Å². The summed E-state index contributed by atoms with van der Waals surface area (Å²) in [5.41, 5.74) is 0. The molecule has 62 valence electrons. The van der Waals surface area contributed by atoms with Gasteiger partial charge in [-0.1, -0.05) is 29.1 Å². The van der Waals surface area contributed by atoms with Crippen LogP contribution in [0.2, 0.25) is 10.0 Å². The Balaban J connectivity index is 2.84. The number of halogens is 2. The Labute approximate surface area is 81.2 Å². The first-order valence-corrected chi connectivity index (χ1v) is 4.01. The molecular weight excluding hydrogens is 195 g/mol. The summed E-state index contributed by atoms with van der Waals surface area (Å²) < 4.78 is 5.11. The van der Waals surface area contributed by atoms with E-state index < -0.39 is 0 Å². The molecule has 0 fully saturated rings. The molecule has 0 spiro atoms. The molecule has 1 aromatic carbocycles. The van der Waals surface area contributed by atoms with E-state index in [9.17, 15) is 0 Å². The van der Waals surface area contributed by atoms with E-state index in [2.05, 4.69) is 5.92 Å². The fourth-order valence-corrected chi connectivity index (χ4v) is 1.04. The molecule has 1 aromatic rings. The number of hydrogen-bond donors (Lipinski definition) is 0. The summed E-state index contributed by atoms with van der Waals surface area (Å²) in [5.74, 6) is 2.85. The Kier molecular flexibility index (Phi) is 3.28. The van der Waals surface area contributed by atoms with Gasteiger partial charge < -0.3 is 4.74 Å². The highest BCUT2D eigenvalue weighted by Gasteiger charge is 2.00. The third-order valence-corrected chi connectivity index (χ3v) is 1.75. The van der Waals surface area contributed by atoms with Gasteiger partial charge in [-0.3, -0.25) is 0 Å². The van der Waals surface area contributed by atoms with E-state index in [0.29, 0.717) is 15.8 Å². The average molecular weight is 201 g/mol. The van der Waals surface area contributed by atoms with Crippen LogP contribution >= 0.6 is 23.2 Å². The maximum absolute atomic E-state index is 5.78. The van der Waals surface area contributed by atoms with E-state index in [4.69, 9.17) is 34.4 Å². The van der Waals surface area contributed by atoms with Gasteiger partial charge >= 0.3 is 0 Å². The zero-order valence-corrected chi connectivity index (χ0v) is 7.69. The second-order valence-electron chi connectivity index (χ2n) is 2.07. The maximum atomic E-state index is 5.78. The normalized spacial score (nSPS) is 9.08. The van der Waals surface area contributed by atoms with Crippen molar-refractivity contribution >= 4 is 23.2 Å². The number of benzene rings is 1. The number of hydrogen-bond acceptors (Lipinski definition) is 1. The lowest BCUT2D eigenvalue weighted by molar-refractivity contribution is 0.370. The number of terminal acetylenes is 1. The summed E-state index contributed by atoms with van der Waals surface area (Å²) in [6, 6.07) is 4.98. The van der Waals surface area contributed by atoms with Gasteiger partial charge in [0.15, 0.2) is 0 Å². The molecule has 0 N–H and O–H groups in total. The predicted molar refractivity (Wildman–Crippen MR) is 50.8 cm³/mol. The first-order chi connectivity index (χ1) is 5.74. The average Bonchev–Trinajstić information content (AvgIpc) is 2.07. The van der Waals surface area contributed by atoms with Crippen molar-refractivity contribution in [2.75, 3.05) is 6.61 Å². The van der Waals surface area contributed by atoms with Crippen LogP contribution in [0, 0.1) is 12.3 Å². The molecule has 0 unspecified atom stereocenters. The molecule has 3 heteroatoms. The van der Waals surface area contributed by atoms with E-state index in [1.165, 1.54) is 0 Å². The van der Waals surface area contributed by atoms with Crippen molar-refractivity contribution in [3.05, 3.63) is 28.2 Å². The molecule has 0 aliphatic rings. The third kappa shape index (κ3) is 2.34.